The Bertz CT molecular complexity index is 479. The maximum Gasteiger partial charge on any atom is 0.252 e. The van der Waals surface area contributed by atoms with Gasteiger partial charge in [-0.05, 0) is 24.3 Å². The maximum absolute atomic E-state index is 11.9. The molecule has 0 bridgehead atoms. The van der Waals surface area contributed by atoms with Gasteiger partial charge >= 0.3 is 0 Å². The van der Waals surface area contributed by atoms with Crippen molar-refractivity contribution in [2.45, 2.75) is 12.1 Å². The molecule has 2 rings (SSSR count). The minimum atomic E-state index is -0.851. The summed E-state index contributed by atoms with van der Waals surface area (Å²) in [7, 11) is 0. The molecule has 88 valence electrons. The molecule has 0 aromatic heterocycles. The molecular weight excluding hydrogens is 214 g/mol. The number of nitrogens with one attached hydrogen (secondary N) is 1. The topological polar surface area (TPSA) is 81.1 Å². The molecule has 0 fully saturated rings. The van der Waals surface area contributed by atoms with Gasteiger partial charge in [-0.25, -0.2) is 0 Å². The van der Waals surface area contributed by atoms with Crippen LogP contribution in [-0.4, -0.2) is 11.6 Å². The first kappa shape index (κ1) is 11.4. The molecule has 1 amide bonds. The second-order valence-corrected chi connectivity index (χ2v) is 4.10. The van der Waals surface area contributed by atoms with Crippen LogP contribution in [0.1, 0.15) is 16.8 Å². The highest BCUT2D eigenvalue weighted by Crippen LogP contribution is 2.14. The Labute approximate surface area is 100.0 Å². The smallest absolute Gasteiger partial charge is 0.252 e. The molecule has 5 N–H and O–H groups in total. The third kappa shape index (κ3) is 2.73. The molecule has 1 aliphatic carbocycles. The molecule has 4 nitrogen and oxygen atoms in total. The quantitative estimate of drug-likeness (QED) is 0.658. The van der Waals surface area contributed by atoms with E-state index < -0.39 is 5.66 Å². The van der Waals surface area contributed by atoms with Crippen molar-refractivity contribution in [1.29, 1.82) is 0 Å². The van der Waals surface area contributed by atoms with Crippen LogP contribution >= 0.6 is 0 Å². The van der Waals surface area contributed by atoms with Gasteiger partial charge in [-0.15, -0.1) is 0 Å². The summed E-state index contributed by atoms with van der Waals surface area (Å²) in [5.41, 5.74) is 12.1. The number of allylic oxidation sites excluding steroid dienone is 1. The van der Waals surface area contributed by atoms with E-state index in [4.69, 9.17) is 11.5 Å². The predicted molar refractivity (Wildman–Crippen MR) is 66.9 cm³/mol. The molecule has 17 heavy (non-hydrogen) atoms. The number of hydrogen-bond donors (Lipinski definition) is 3. The highest BCUT2D eigenvalue weighted by Gasteiger charge is 2.25. The zero-order valence-electron chi connectivity index (χ0n) is 9.39. The van der Waals surface area contributed by atoms with Crippen LogP contribution in [0.15, 0.2) is 54.3 Å². The second kappa shape index (κ2) is 4.43. The average molecular weight is 229 g/mol. The highest BCUT2D eigenvalue weighted by atomic mass is 16.1. The monoisotopic (exact) mass is 229 g/mol. The van der Waals surface area contributed by atoms with E-state index >= 15 is 0 Å². The zero-order valence-corrected chi connectivity index (χ0v) is 9.39. The first-order valence-corrected chi connectivity index (χ1v) is 5.40. The van der Waals surface area contributed by atoms with Crippen LogP contribution in [0, 0.1) is 0 Å². The summed E-state index contributed by atoms with van der Waals surface area (Å²) < 4.78 is 0. The first-order chi connectivity index (χ1) is 8.09. The van der Waals surface area contributed by atoms with Gasteiger partial charge in [0.15, 0.2) is 0 Å². The number of nitrogens with two attached hydrogens (primary N) is 2. The summed E-state index contributed by atoms with van der Waals surface area (Å²) in [6.07, 6.45) is 5.71. The summed E-state index contributed by atoms with van der Waals surface area (Å²) in [5.74, 6) is -0.188. The molecule has 0 saturated carbocycles. The van der Waals surface area contributed by atoms with Crippen LogP contribution in [0.2, 0.25) is 0 Å². The zero-order chi connectivity index (χ0) is 12.3. The molecule has 0 heterocycles. The van der Waals surface area contributed by atoms with E-state index in [2.05, 4.69) is 5.32 Å². The van der Waals surface area contributed by atoms with Crippen molar-refractivity contribution >= 4 is 5.91 Å². The van der Waals surface area contributed by atoms with Gasteiger partial charge in [-0.1, -0.05) is 24.3 Å². The molecule has 1 aliphatic rings. The molecule has 0 radical (unpaired) electrons. The van der Waals surface area contributed by atoms with Crippen molar-refractivity contribution in [2.24, 2.45) is 11.5 Å². The van der Waals surface area contributed by atoms with Gasteiger partial charge in [0.1, 0.15) is 5.66 Å². The van der Waals surface area contributed by atoms with Crippen molar-refractivity contribution < 1.29 is 4.79 Å². The highest BCUT2D eigenvalue weighted by molar-refractivity contribution is 5.94. The van der Waals surface area contributed by atoms with E-state index in [1.54, 1.807) is 30.4 Å². The van der Waals surface area contributed by atoms with Crippen molar-refractivity contribution in [1.82, 2.24) is 5.32 Å². The molecule has 1 aromatic rings. The second-order valence-electron chi connectivity index (χ2n) is 4.10. The van der Waals surface area contributed by atoms with Crippen LogP contribution in [0.3, 0.4) is 0 Å². The lowest BCUT2D eigenvalue weighted by Gasteiger charge is -2.28. The van der Waals surface area contributed by atoms with E-state index in [1.165, 1.54) is 0 Å². The number of hydrogen-bond acceptors (Lipinski definition) is 3. The molecule has 1 atom stereocenters. The minimum absolute atomic E-state index is 0.188. The van der Waals surface area contributed by atoms with E-state index in [-0.39, 0.29) is 5.91 Å². The van der Waals surface area contributed by atoms with Gasteiger partial charge in [0.25, 0.3) is 5.91 Å². The van der Waals surface area contributed by atoms with Crippen molar-refractivity contribution in [3.63, 3.8) is 0 Å². The fourth-order valence-electron chi connectivity index (χ4n) is 1.63. The Hall–Kier alpha value is -2.07. The van der Waals surface area contributed by atoms with Crippen LogP contribution in [0.5, 0.6) is 0 Å². The molecule has 1 aromatic carbocycles. The van der Waals surface area contributed by atoms with Crippen molar-refractivity contribution in [3.8, 4) is 0 Å². The Morgan fingerprint density at radius 1 is 1.29 bits per heavy atom. The Morgan fingerprint density at radius 3 is 2.59 bits per heavy atom. The van der Waals surface area contributed by atoms with Crippen LogP contribution in [-0.2, 0) is 0 Å². The fourth-order valence-corrected chi connectivity index (χ4v) is 1.63. The lowest BCUT2D eigenvalue weighted by Crippen LogP contribution is -2.54. The largest absolute Gasteiger partial charge is 0.399 e. The molecule has 0 saturated heterocycles. The SMILES string of the molecule is NC1=CCC(N)(NC(=O)c2ccccc2)C=C1. The number of carbonyl (C=O) groups excluding carboxylic acids is 1. The van der Waals surface area contributed by atoms with Gasteiger partial charge in [-0.2, -0.15) is 0 Å². The Morgan fingerprint density at radius 2 is 2.00 bits per heavy atom. The molecule has 0 spiro atoms. The van der Waals surface area contributed by atoms with E-state index in [9.17, 15) is 4.79 Å². The number of amides is 1. The third-order valence-electron chi connectivity index (χ3n) is 2.63. The standard InChI is InChI=1S/C13H15N3O/c14-11-6-8-13(15,9-7-11)16-12(17)10-4-2-1-3-5-10/h1-8H,9,14-15H2,(H,16,17). The molecule has 0 aliphatic heterocycles. The van der Waals surface area contributed by atoms with Crippen molar-refractivity contribution in [3.05, 3.63) is 59.8 Å². The van der Waals surface area contributed by atoms with E-state index in [0.29, 0.717) is 17.7 Å². The Balaban J connectivity index is 2.08. The van der Waals surface area contributed by atoms with Gasteiger partial charge < -0.3 is 16.8 Å². The molecular formula is C13H15N3O. The first-order valence-electron chi connectivity index (χ1n) is 5.40. The number of carbonyl (C=O) groups is 1. The summed E-state index contributed by atoms with van der Waals surface area (Å²) in [5, 5.41) is 2.78. The summed E-state index contributed by atoms with van der Waals surface area (Å²) in [6.45, 7) is 0. The summed E-state index contributed by atoms with van der Waals surface area (Å²) >= 11 is 0. The van der Waals surface area contributed by atoms with Crippen LogP contribution in [0.25, 0.3) is 0 Å². The van der Waals surface area contributed by atoms with E-state index in [0.717, 1.165) is 0 Å². The van der Waals surface area contributed by atoms with Gasteiger partial charge in [0.2, 0.25) is 0 Å². The number of rotatable bonds is 2. The normalized spacial score (nSPS) is 23.0. The van der Waals surface area contributed by atoms with Crippen molar-refractivity contribution in [2.75, 3.05) is 0 Å². The summed E-state index contributed by atoms with van der Waals surface area (Å²) in [6, 6.07) is 8.98. The van der Waals surface area contributed by atoms with Gasteiger partial charge in [-0.3, -0.25) is 4.79 Å². The lowest BCUT2D eigenvalue weighted by atomic mass is 10.00. The Kier molecular flexibility index (Phi) is 2.97. The van der Waals surface area contributed by atoms with Gasteiger partial charge in [0, 0.05) is 17.7 Å². The molecule has 4 heteroatoms. The fraction of sp³-hybridized carbons (Fsp3) is 0.154. The molecule has 1 unspecified atom stereocenters. The average Bonchev–Trinajstić information content (AvgIpc) is 2.34. The summed E-state index contributed by atoms with van der Waals surface area (Å²) in [4.78, 5) is 11.9. The van der Waals surface area contributed by atoms with Gasteiger partial charge in [0.05, 0.1) is 0 Å². The number of benzene rings is 1. The van der Waals surface area contributed by atoms with E-state index in [1.807, 2.05) is 18.2 Å². The van der Waals surface area contributed by atoms with Crippen LogP contribution in [0.4, 0.5) is 0 Å². The maximum atomic E-state index is 11.9. The third-order valence-corrected chi connectivity index (χ3v) is 2.63. The van der Waals surface area contributed by atoms with Crippen LogP contribution < -0.4 is 16.8 Å². The lowest BCUT2D eigenvalue weighted by molar-refractivity contribution is 0.0919. The predicted octanol–water partition coefficient (Wildman–Crippen LogP) is 0.874. The minimum Gasteiger partial charge on any atom is -0.399 e.